The third-order valence-electron chi connectivity index (χ3n) is 9.93. The van der Waals surface area contributed by atoms with Gasteiger partial charge < -0.3 is 14.7 Å². The molecule has 1 saturated heterocycles. The molecule has 6 atom stereocenters. The lowest BCUT2D eigenvalue weighted by molar-refractivity contribution is -0.136. The summed E-state index contributed by atoms with van der Waals surface area (Å²) in [5.74, 6) is 3.14. The van der Waals surface area contributed by atoms with E-state index in [1.54, 1.807) is 0 Å². The minimum atomic E-state index is -0.144. The molecule has 188 valence electrons. The van der Waals surface area contributed by atoms with Crippen molar-refractivity contribution in [2.45, 2.75) is 77.2 Å². The predicted octanol–water partition coefficient (Wildman–Crippen LogP) is 4.47. The SMILES string of the molecule is CCCC[C@@H]1Cc2cc(OC(=O)CN3CCN(C)CC3)ccc2C2CC[C@]3(C)[C@@H](O)CC[C@H]3[C@@H]21. The maximum absolute atomic E-state index is 12.7. The molecule has 1 N–H and O–H groups in total. The summed E-state index contributed by atoms with van der Waals surface area (Å²) in [6.45, 7) is 8.88. The van der Waals surface area contributed by atoms with Crippen LogP contribution in [0.1, 0.15) is 75.8 Å². The second-order valence-electron chi connectivity index (χ2n) is 11.9. The summed E-state index contributed by atoms with van der Waals surface area (Å²) in [6, 6.07) is 6.46. The highest BCUT2D eigenvalue weighted by molar-refractivity contribution is 5.74. The van der Waals surface area contributed by atoms with Crippen molar-refractivity contribution in [1.29, 1.82) is 0 Å². The van der Waals surface area contributed by atoms with Gasteiger partial charge in [-0.3, -0.25) is 9.69 Å². The number of nitrogens with zero attached hydrogens (tertiary/aromatic N) is 2. The maximum Gasteiger partial charge on any atom is 0.325 e. The zero-order valence-corrected chi connectivity index (χ0v) is 21.5. The lowest BCUT2D eigenvalue weighted by atomic mass is 9.52. The molecule has 0 aromatic heterocycles. The largest absolute Gasteiger partial charge is 0.426 e. The number of fused-ring (bicyclic) bond motifs is 5. The number of aliphatic hydroxyl groups excluding tert-OH is 1. The Labute approximate surface area is 205 Å². The number of hydrogen-bond acceptors (Lipinski definition) is 5. The van der Waals surface area contributed by atoms with E-state index in [2.05, 4.69) is 42.8 Å². The Balaban J connectivity index is 1.33. The number of esters is 1. The van der Waals surface area contributed by atoms with Gasteiger partial charge in [0.2, 0.25) is 0 Å². The van der Waals surface area contributed by atoms with Gasteiger partial charge in [0.25, 0.3) is 0 Å². The molecule has 5 nitrogen and oxygen atoms in total. The van der Waals surface area contributed by atoms with Crippen molar-refractivity contribution in [3.63, 3.8) is 0 Å². The normalized spacial score (nSPS) is 35.9. The Bertz CT molecular complexity index is 880. The Morgan fingerprint density at radius 2 is 1.97 bits per heavy atom. The molecule has 0 spiro atoms. The van der Waals surface area contributed by atoms with E-state index in [0.717, 1.165) is 45.4 Å². The average molecular weight is 469 g/mol. The molecule has 34 heavy (non-hydrogen) atoms. The summed E-state index contributed by atoms with van der Waals surface area (Å²) >= 11 is 0. The highest BCUT2D eigenvalue weighted by Crippen LogP contribution is 2.62. The summed E-state index contributed by atoms with van der Waals surface area (Å²) in [4.78, 5) is 17.1. The third kappa shape index (κ3) is 4.56. The zero-order chi connectivity index (χ0) is 23.9. The van der Waals surface area contributed by atoms with Crippen LogP contribution in [0.15, 0.2) is 18.2 Å². The number of hydrogen-bond donors (Lipinski definition) is 1. The van der Waals surface area contributed by atoms with Crippen molar-refractivity contribution >= 4 is 5.97 Å². The number of ether oxygens (including phenoxy) is 1. The molecule has 5 heteroatoms. The van der Waals surface area contributed by atoms with Crippen LogP contribution in [-0.2, 0) is 11.2 Å². The van der Waals surface area contributed by atoms with Crippen molar-refractivity contribution < 1.29 is 14.6 Å². The Morgan fingerprint density at radius 3 is 2.74 bits per heavy atom. The number of carbonyl (C=O) groups excluding carboxylic acids is 1. The maximum atomic E-state index is 12.7. The van der Waals surface area contributed by atoms with Crippen LogP contribution in [0, 0.1) is 23.2 Å². The van der Waals surface area contributed by atoms with E-state index in [0.29, 0.717) is 36.0 Å². The van der Waals surface area contributed by atoms with Crippen LogP contribution in [0.4, 0.5) is 0 Å². The van der Waals surface area contributed by atoms with Crippen LogP contribution in [0.2, 0.25) is 0 Å². The molecule has 1 aliphatic heterocycles. The molecule has 5 rings (SSSR count). The highest BCUT2D eigenvalue weighted by atomic mass is 16.5. The average Bonchev–Trinajstić information content (AvgIpc) is 3.13. The molecule has 0 radical (unpaired) electrons. The first kappa shape index (κ1) is 24.3. The highest BCUT2D eigenvalue weighted by Gasteiger charge is 2.56. The second kappa shape index (κ2) is 9.91. The minimum Gasteiger partial charge on any atom is -0.426 e. The quantitative estimate of drug-likeness (QED) is 0.493. The molecule has 2 saturated carbocycles. The number of rotatable bonds is 6. The number of unbranched alkanes of at least 4 members (excludes halogenated alkanes) is 1. The molecule has 1 aromatic carbocycles. The number of likely N-dealkylation sites (N-methyl/N-ethyl adjacent to an activating group) is 1. The summed E-state index contributed by atoms with van der Waals surface area (Å²) < 4.78 is 5.83. The molecule has 0 bridgehead atoms. The topological polar surface area (TPSA) is 53.0 Å². The lowest BCUT2D eigenvalue weighted by Crippen LogP contribution is -2.47. The van der Waals surface area contributed by atoms with E-state index in [1.807, 2.05) is 6.07 Å². The summed E-state index contributed by atoms with van der Waals surface area (Å²) in [7, 11) is 2.13. The van der Waals surface area contributed by atoms with E-state index in [-0.39, 0.29) is 17.5 Å². The van der Waals surface area contributed by atoms with Crippen molar-refractivity contribution in [2.24, 2.45) is 23.2 Å². The molecule has 0 amide bonds. The van der Waals surface area contributed by atoms with Gasteiger partial charge in [0.1, 0.15) is 5.75 Å². The summed E-state index contributed by atoms with van der Waals surface area (Å²) in [5.41, 5.74) is 2.98. The summed E-state index contributed by atoms with van der Waals surface area (Å²) in [5, 5.41) is 10.8. The smallest absolute Gasteiger partial charge is 0.325 e. The minimum absolute atomic E-state index is 0.0991. The van der Waals surface area contributed by atoms with Crippen LogP contribution in [0.25, 0.3) is 0 Å². The Morgan fingerprint density at radius 1 is 1.18 bits per heavy atom. The van der Waals surface area contributed by atoms with Gasteiger partial charge in [-0.15, -0.1) is 0 Å². The first-order valence-corrected chi connectivity index (χ1v) is 13.8. The van der Waals surface area contributed by atoms with Gasteiger partial charge in [-0.2, -0.15) is 0 Å². The molecule has 4 aliphatic rings. The lowest BCUT2D eigenvalue weighted by Gasteiger charge is -2.53. The number of carbonyl (C=O) groups is 1. The molecule has 1 heterocycles. The fourth-order valence-electron chi connectivity index (χ4n) is 7.90. The fourth-order valence-corrected chi connectivity index (χ4v) is 7.90. The third-order valence-corrected chi connectivity index (χ3v) is 9.93. The molecule has 1 aromatic rings. The monoisotopic (exact) mass is 468 g/mol. The van der Waals surface area contributed by atoms with Gasteiger partial charge >= 0.3 is 5.97 Å². The van der Waals surface area contributed by atoms with Gasteiger partial charge in [0.05, 0.1) is 12.6 Å². The molecule has 1 unspecified atom stereocenters. The number of benzene rings is 1. The van der Waals surface area contributed by atoms with Crippen molar-refractivity contribution in [3.8, 4) is 5.75 Å². The van der Waals surface area contributed by atoms with E-state index in [9.17, 15) is 9.90 Å². The molecular formula is C29H44N2O3. The van der Waals surface area contributed by atoms with E-state index in [1.165, 1.54) is 43.2 Å². The molecule has 3 fully saturated rings. The van der Waals surface area contributed by atoms with Crippen LogP contribution in [-0.4, -0.2) is 66.8 Å². The first-order chi connectivity index (χ1) is 16.4. The van der Waals surface area contributed by atoms with Crippen molar-refractivity contribution in [1.82, 2.24) is 9.80 Å². The Kier molecular flexibility index (Phi) is 7.07. The second-order valence-corrected chi connectivity index (χ2v) is 11.9. The van der Waals surface area contributed by atoms with Crippen molar-refractivity contribution in [3.05, 3.63) is 29.3 Å². The first-order valence-electron chi connectivity index (χ1n) is 13.8. The zero-order valence-electron chi connectivity index (χ0n) is 21.5. The van der Waals surface area contributed by atoms with Crippen LogP contribution < -0.4 is 4.74 Å². The standard InChI is InChI=1S/C29H44N2O3/c1-4-5-6-20-17-21-18-22(34-27(33)19-31-15-13-30(3)14-16-31)7-8-23(21)24-11-12-29(2)25(28(20)24)9-10-26(29)32/h7-8,18,20,24-26,28,32H,4-6,9-17,19H2,1-3H3/t20-,24?,25+,26+,28-,29+/m1/s1. The number of piperazine rings is 1. The van der Waals surface area contributed by atoms with Gasteiger partial charge in [-0.05, 0) is 97.9 Å². The van der Waals surface area contributed by atoms with E-state index < -0.39 is 0 Å². The van der Waals surface area contributed by atoms with E-state index in [4.69, 9.17) is 4.74 Å². The Hall–Kier alpha value is -1.43. The number of aliphatic hydroxyl groups is 1. The van der Waals surface area contributed by atoms with Crippen molar-refractivity contribution in [2.75, 3.05) is 39.8 Å². The van der Waals surface area contributed by atoms with Gasteiger partial charge in [-0.1, -0.05) is 32.8 Å². The van der Waals surface area contributed by atoms with Crippen LogP contribution in [0.5, 0.6) is 5.75 Å². The van der Waals surface area contributed by atoms with Gasteiger partial charge in [0, 0.05) is 26.2 Å². The summed E-state index contributed by atoms with van der Waals surface area (Å²) in [6.07, 6.45) is 9.18. The molecule has 3 aliphatic carbocycles. The van der Waals surface area contributed by atoms with Gasteiger partial charge in [0.15, 0.2) is 0 Å². The predicted molar refractivity (Wildman–Crippen MR) is 135 cm³/mol. The fraction of sp³-hybridized carbons (Fsp3) is 0.759. The van der Waals surface area contributed by atoms with Gasteiger partial charge in [-0.25, -0.2) is 0 Å². The molecular weight excluding hydrogens is 424 g/mol. The van der Waals surface area contributed by atoms with Crippen LogP contribution >= 0.6 is 0 Å². The van der Waals surface area contributed by atoms with Crippen LogP contribution in [0.3, 0.4) is 0 Å². The van der Waals surface area contributed by atoms with E-state index >= 15 is 0 Å².